The van der Waals surface area contributed by atoms with Crippen molar-refractivity contribution in [2.45, 2.75) is 13.0 Å². The predicted octanol–water partition coefficient (Wildman–Crippen LogP) is 2.92. The predicted molar refractivity (Wildman–Crippen MR) is 108 cm³/mol. The van der Waals surface area contributed by atoms with Crippen LogP contribution >= 0.6 is 0 Å². The van der Waals surface area contributed by atoms with Crippen molar-refractivity contribution in [3.05, 3.63) is 72.2 Å². The van der Waals surface area contributed by atoms with E-state index >= 15 is 0 Å². The highest BCUT2D eigenvalue weighted by Crippen LogP contribution is 2.18. The van der Waals surface area contributed by atoms with E-state index in [-0.39, 0.29) is 5.91 Å². The number of ether oxygens (including phenoxy) is 1. The second kappa shape index (κ2) is 10.1. The molecule has 0 aliphatic carbocycles. The van der Waals surface area contributed by atoms with Crippen molar-refractivity contribution in [1.82, 2.24) is 20.3 Å². The monoisotopic (exact) mass is 377 g/mol. The zero-order valence-corrected chi connectivity index (χ0v) is 15.8. The van der Waals surface area contributed by atoms with Crippen molar-refractivity contribution < 1.29 is 9.53 Å². The Labute approximate surface area is 164 Å². The number of nitrogens with one attached hydrogen (secondary N) is 2. The highest BCUT2D eigenvalue weighted by Gasteiger charge is 2.13. The molecule has 2 N–H and O–H groups in total. The largest absolute Gasteiger partial charge is 0.385 e. The van der Waals surface area contributed by atoms with Gasteiger partial charge in [0.1, 0.15) is 11.5 Å². The van der Waals surface area contributed by atoms with E-state index in [0.29, 0.717) is 37.0 Å². The van der Waals surface area contributed by atoms with Crippen molar-refractivity contribution in [2.75, 3.05) is 25.6 Å². The van der Waals surface area contributed by atoms with Gasteiger partial charge in [-0.25, -0.2) is 9.97 Å². The van der Waals surface area contributed by atoms with Crippen LogP contribution in [0.3, 0.4) is 0 Å². The molecule has 0 unspecified atom stereocenters. The average Bonchev–Trinajstić information content (AvgIpc) is 2.76. The van der Waals surface area contributed by atoms with E-state index in [2.05, 4.69) is 25.6 Å². The van der Waals surface area contributed by atoms with Crippen LogP contribution in [0.5, 0.6) is 0 Å². The molecule has 28 heavy (non-hydrogen) atoms. The Morgan fingerprint density at radius 3 is 2.71 bits per heavy atom. The number of benzene rings is 1. The molecule has 0 fully saturated rings. The Hall–Kier alpha value is -3.32. The summed E-state index contributed by atoms with van der Waals surface area (Å²) in [6, 6.07) is 15.0. The van der Waals surface area contributed by atoms with Crippen LogP contribution in [0, 0.1) is 0 Å². The van der Waals surface area contributed by atoms with Gasteiger partial charge >= 0.3 is 0 Å². The Morgan fingerprint density at radius 1 is 1.11 bits per heavy atom. The molecule has 0 aliphatic heterocycles. The Bertz CT molecular complexity index is 888. The molecule has 144 valence electrons. The maximum atomic E-state index is 12.7. The Balaban J connectivity index is 1.78. The van der Waals surface area contributed by atoms with E-state index in [4.69, 9.17) is 4.74 Å². The third kappa shape index (κ3) is 5.59. The normalized spacial score (nSPS) is 10.5. The van der Waals surface area contributed by atoms with Gasteiger partial charge in [-0.1, -0.05) is 36.4 Å². The first-order chi connectivity index (χ1) is 13.8. The van der Waals surface area contributed by atoms with Gasteiger partial charge in [0, 0.05) is 50.8 Å². The van der Waals surface area contributed by atoms with Gasteiger partial charge in [0.25, 0.3) is 5.91 Å². The maximum Gasteiger partial charge on any atom is 0.270 e. The second-order valence-corrected chi connectivity index (χ2v) is 6.15. The molecule has 3 aromatic rings. The number of nitrogens with zero attached hydrogens (tertiary/aromatic N) is 3. The summed E-state index contributed by atoms with van der Waals surface area (Å²) in [5.41, 5.74) is 2.09. The SMILES string of the molecule is COCCCNc1cc(C(=O)NCc2cccnc2)nc(-c2ccccc2)n1. The van der Waals surface area contributed by atoms with Gasteiger partial charge in [0.2, 0.25) is 0 Å². The van der Waals surface area contributed by atoms with Gasteiger partial charge in [0.15, 0.2) is 5.82 Å². The summed E-state index contributed by atoms with van der Waals surface area (Å²) in [5.74, 6) is 0.851. The maximum absolute atomic E-state index is 12.7. The molecule has 0 radical (unpaired) electrons. The zero-order valence-electron chi connectivity index (χ0n) is 15.8. The lowest BCUT2D eigenvalue weighted by molar-refractivity contribution is 0.0946. The molecule has 1 amide bonds. The second-order valence-electron chi connectivity index (χ2n) is 6.15. The lowest BCUT2D eigenvalue weighted by Gasteiger charge is -2.11. The number of methoxy groups -OCH3 is 1. The Kier molecular flexibility index (Phi) is 7.03. The van der Waals surface area contributed by atoms with Crippen molar-refractivity contribution in [3.63, 3.8) is 0 Å². The van der Waals surface area contributed by atoms with Crippen LogP contribution in [-0.4, -0.2) is 41.1 Å². The van der Waals surface area contributed by atoms with Gasteiger partial charge in [-0.15, -0.1) is 0 Å². The minimum absolute atomic E-state index is 0.261. The summed E-state index contributed by atoms with van der Waals surface area (Å²) in [7, 11) is 1.67. The lowest BCUT2D eigenvalue weighted by atomic mass is 10.2. The van der Waals surface area contributed by atoms with E-state index in [0.717, 1.165) is 17.5 Å². The molecule has 1 aromatic carbocycles. The number of hydrogen-bond acceptors (Lipinski definition) is 6. The number of hydrogen-bond donors (Lipinski definition) is 2. The van der Waals surface area contributed by atoms with Crippen molar-refractivity contribution in [2.24, 2.45) is 0 Å². The topological polar surface area (TPSA) is 89.0 Å². The van der Waals surface area contributed by atoms with E-state index in [1.807, 2.05) is 42.5 Å². The summed E-state index contributed by atoms with van der Waals surface area (Å²) < 4.78 is 5.07. The van der Waals surface area contributed by atoms with Crippen LogP contribution in [0.15, 0.2) is 60.9 Å². The first-order valence-corrected chi connectivity index (χ1v) is 9.10. The molecule has 7 heteroatoms. The highest BCUT2D eigenvalue weighted by molar-refractivity contribution is 5.93. The van der Waals surface area contributed by atoms with Crippen LogP contribution < -0.4 is 10.6 Å². The summed E-state index contributed by atoms with van der Waals surface area (Å²) >= 11 is 0. The lowest BCUT2D eigenvalue weighted by Crippen LogP contribution is -2.24. The van der Waals surface area contributed by atoms with Crippen LogP contribution in [0.4, 0.5) is 5.82 Å². The summed E-state index contributed by atoms with van der Waals surface area (Å²) in [4.78, 5) is 25.7. The number of carbonyl (C=O) groups excluding carboxylic acids is 1. The van der Waals surface area contributed by atoms with Gasteiger partial charge < -0.3 is 15.4 Å². The summed E-state index contributed by atoms with van der Waals surface area (Å²) in [6.07, 6.45) is 4.26. The number of aromatic nitrogens is 3. The molecule has 0 aliphatic rings. The minimum atomic E-state index is -0.261. The van der Waals surface area contributed by atoms with Crippen molar-refractivity contribution in [3.8, 4) is 11.4 Å². The van der Waals surface area contributed by atoms with Gasteiger partial charge in [0.05, 0.1) is 0 Å². The van der Waals surface area contributed by atoms with Crippen LogP contribution in [0.2, 0.25) is 0 Å². The van der Waals surface area contributed by atoms with Crippen LogP contribution in [-0.2, 0) is 11.3 Å². The fourth-order valence-electron chi connectivity index (χ4n) is 2.58. The molecule has 0 saturated heterocycles. The summed E-state index contributed by atoms with van der Waals surface area (Å²) in [5, 5.41) is 6.12. The molecule has 0 atom stereocenters. The minimum Gasteiger partial charge on any atom is -0.385 e. The third-order valence-corrected chi connectivity index (χ3v) is 4.00. The molecular formula is C21H23N5O2. The van der Waals surface area contributed by atoms with E-state index < -0.39 is 0 Å². The number of anilines is 1. The molecule has 7 nitrogen and oxygen atoms in total. The fraction of sp³-hybridized carbons (Fsp3) is 0.238. The summed E-state index contributed by atoms with van der Waals surface area (Å²) in [6.45, 7) is 1.73. The van der Waals surface area contributed by atoms with E-state index in [1.165, 1.54) is 0 Å². The number of carbonyl (C=O) groups is 1. The molecular weight excluding hydrogens is 354 g/mol. The Morgan fingerprint density at radius 2 is 1.96 bits per heavy atom. The smallest absolute Gasteiger partial charge is 0.270 e. The number of rotatable bonds is 9. The first kappa shape index (κ1) is 19.4. The van der Waals surface area contributed by atoms with Crippen molar-refractivity contribution in [1.29, 1.82) is 0 Å². The molecule has 0 bridgehead atoms. The number of amides is 1. The van der Waals surface area contributed by atoms with Gasteiger partial charge in [-0.2, -0.15) is 0 Å². The molecule has 0 saturated carbocycles. The molecule has 2 heterocycles. The van der Waals surface area contributed by atoms with Gasteiger partial charge in [-0.05, 0) is 18.1 Å². The quantitative estimate of drug-likeness (QED) is 0.558. The number of pyridine rings is 1. The van der Waals surface area contributed by atoms with Crippen LogP contribution in [0.1, 0.15) is 22.5 Å². The van der Waals surface area contributed by atoms with Crippen LogP contribution in [0.25, 0.3) is 11.4 Å². The molecule has 3 rings (SSSR count). The standard InChI is InChI=1S/C21H23N5O2/c1-28-12-6-11-23-19-13-18(21(27)24-15-16-7-5-10-22-14-16)25-20(26-19)17-8-3-2-4-9-17/h2-5,7-10,13-14H,6,11-12,15H2,1H3,(H,24,27)(H,23,25,26). The van der Waals surface area contributed by atoms with Gasteiger partial charge in [-0.3, -0.25) is 9.78 Å². The fourth-order valence-corrected chi connectivity index (χ4v) is 2.58. The van der Waals surface area contributed by atoms with E-state index in [1.54, 1.807) is 25.6 Å². The first-order valence-electron chi connectivity index (χ1n) is 9.10. The van der Waals surface area contributed by atoms with Crippen molar-refractivity contribution >= 4 is 11.7 Å². The highest BCUT2D eigenvalue weighted by atomic mass is 16.5. The zero-order chi connectivity index (χ0) is 19.6. The average molecular weight is 377 g/mol. The van der Waals surface area contributed by atoms with E-state index in [9.17, 15) is 4.79 Å². The molecule has 2 aromatic heterocycles. The molecule has 0 spiro atoms. The third-order valence-electron chi connectivity index (χ3n) is 4.00.